The largest absolute Gasteiger partial charge is 0.343 e. The van der Waals surface area contributed by atoms with Gasteiger partial charge in [-0.25, -0.2) is 0 Å². The van der Waals surface area contributed by atoms with Crippen LogP contribution in [-0.2, 0) is 9.59 Å². The number of carbonyl (C=O) groups is 3. The van der Waals surface area contributed by atoms with Crippen LogP contribution in [-0.4, -0.2) is 42.3 Å². The number of nitrogens with one attached hydrogen (secondary N) is 2. The SMILES string of the molecule is CCCN(CC(=O)Nc1ccccc1C)C(=O)CNC(=O)c1ccc(Br)cc1. The minimum Gasteiger partial charge on any atom is -0.343 e. The molecule has 0 radical (unpaired) electrons. The van der Waals surface area contributed by atoms with Crippen LogP contribution in [0.25, 0.3) is 0 Å². The zero-order chi connectivity index (χ0) is 20.5. The van der Waals surface area contributed by atoms with E-state index < -0.39 is 0 Å². The average molecular weight is 446 g/mol. The Morgan fingerprint density at radius 2 is 1.71 bits per heavy atom. The summed E-state index contributed by atoms with van der Waals surface area (Å²) in [6.45, 7) is 4.05. The molecular formula is C21H24BrN3O3. The van der Waals surface area contributed by atoms with Crippen molar-refractivity contribution in [2.45, 2.75) is 20.3 Å². The van der Waals surface area contributed by atoms with E-state index in [1.807, 2.05) is 38.1 Å². The quantitative estimate of drug-likeness (QED) is 0.653. The first-order valence-electron chi connectivity index (χ1n) is 9.07. The van der Waals surface area contributed by atoms with Gasteiger partial charge in [-0.2, -0.15) is 0 Å². The Bertz CT molecular complexity index is 837. The van der Waals surface area contributed by atoms with Crippen LogP contribution in [0.2, 0.25) is 0 Å². The molecule has 28 heavy (non-hydrogen) atoms. The summed E-state index contributed by atoms with van der Waals surface area (Å²) < 4.78 is 0.869. The standard InChI is InChI=1S/C21H24BrN3O3/c1-3-12-25(14-19(26)24-18-7-5-4-6-15(18)2)20(27)13-23-21(28)16-8-10-17(22)11-9-16/h4-11H,3,12-14H2,1-2H3,(H,23,28)(H,24,26). The molecule has 0 atom stereocenters. The van der Waals surface area contributed by atoms with Crippen LogP contribution in [0.1, 0.15) is 29.3 Å². The maximum Gasteiger partial charge on any atom is 0.251 e. The first-order chi connectivity index (χ1) is 13.4. The molecule has 0 aliphatic heterocycles. The minimum absolute atomic E-state index is 0.0604. The fourth-order valence-corrected chi connectivity index (χ4v) is 2.87. The Morgan fingerprint density at radius 3 is 2.36 bits per heavy atom. The Kier molecular flexibility index (Phi) is 8.19. The van der Waals surface area contributed by atoms with E-state index in [2.05, 4.69) is 26.6 Å². The van der Waals surface area contributed by atoms with Crippen LogP contribution in [0.5, 0.6) is 0 Å². The van der Waals surface area contributed by atoms with E-state index in [1.54, 1.807) is 24.3 Å². The van der Waals surface area contributed by atoms with E-state index in [0.717, 1.165) is 15.7 Å². The molecule has 0 aromatic heterocycles. The van der Waals surface area contributed by atoms with Crippen LogP contribution >= 0.6 is 15.9 Å². The van der Waals surface area contributed by atoms with Gasteiger partial charge in [-0.15, -0.1) is 0 Å². The van der Waals surface area contributed by atoms with Crippen LogP contribution in [0.4, 0.5) is 5.69 Å². The molecule has 0 fully saturated rings. The van der Waals surface area contributed by atoms with E-state index in [-0.39, 0.29) is 30.8 Å². The molecule has 2 N–H and O–H groups in total. The number of anilines is 1. The summed E-state index contributed by atoms with van der Waals surface area (Å²) in [5, 5.41) is 5.44. The maximum absolute atomic E-state index is 12.5. The van der Waals surface area contributed by atoms with Gasteiger partial charge < -0.3 is 15.5 Å². The number of hydrogen-bond acceptors (Lipinski definition) is 3. The van der Waals surface area contributed by atoms with E-state index in [9.17, 15) is 14.4 Å². The molecule has 0 saturated heterocycles. The summed E-state index contributed by atoms with van der Waals surface area (Å²) >= 11 is 3.31. The highest BCUT2D eigenvalue weighted by molar-refractivity contribution is 9.10. The van der Waals surface area contributed by atoms with Gasteiger partial charge in [0, 0.05) is 22.3 Å². The molecule has 0 aliphatic carbocycles. The molecule has 0 aliphatic rings. The number of carbonyl (C=O) groups excluding carboxylic acids is 3. The smallest absolute Gasteiger partial charge is 0.251 e. The number of halogens is 1. The molecule has 7 heteroatoms. The van der Waals surface area contributed by atoms with Crippen molar-refractivity contribution in [3.05, 3.63) is 64.1 Å². The van der Waals surface area contributed by atoms with E-state index >= 15 is 0 Å². The fourth-order valence-electron chi connectivity index (χ4n) is 2.61. The van der Waals surface area contributed by atoms with Crippen molar-refractivity contribution in [1.82, 2.24) is 10.2 Å². The summed E-state index contributed by atoms with van der Waals surface area (Å²) in [7, 11) is 0. The molecule has 0 unspecified atom stereocenters. The lowest BCUT2D eigenvalue weighted by atomic mass is 10.2. The van der Waals surface area contributed by atoms with Crippen LogP contribution in [0.3, 0.4) is 0 Å². The summed E-state index contributed by atoms with van der Waals surface area (Å²) in [4.78, 5) is 38.5. The zero-order valence-electron chi connectivity index (χ0n) is 16.0. The fraction of sp³-hybridized carbons (Fsp3) is 0.286. The third-order valence-corrected chi connectivity index (χ3v) is 4.64. The number of hydrogen-bond donors (Lipinski definition) is 2. The van der Waals surface area contributed by atoms with E-state index in [0.29, 0.717) is 18.5 Å². The summed E-state index contributed by atoms with van der Waals surface area (Å²) in [5.41, 5.74) is 2.14. The second kappa shape index (κ2) is 10.6. The lowest BCUT2D eigenvalue weighted by molar-refractivity contribution is -0.133. The normalized spacial score (nSPS) is 10.2. The minimum atomic E-state index is -0.332. The maximum atomic E-state index is 12.5. The number of aryl methyl sites for hydroxylation is 1. The predicted molar refractivity (Wildman–Crippen MR) is 113 cm³/mol. The average Bonchev–Trinajstić information content (AvgIpc) is 2.68. The third kappa shape index (κ3) is 6.49. The van der Waals surface area contributed by atoms with Crippen molar-refractivity contribution in [3.63, 3.8) is 0 Å². The van der Waals surface area contributed by atoms with E-state index in [4.69, 9.17) is 0 Å². The van der Waals surface area contributed by atoms with Gasteiger partial charge in [0.15, 0.2) is 0 Å². The molecule has 3 amide bonds. The highest BCUT2D eigenvalue weighted by Crippen LogP contribution is 2.13. The molecule has 2 aromatic carbocycles. The molecule has 2 aromatic rings. The van der Waals surface area contributed by atoms with Gasteiger partial charge in [-0.1, -0.05) is 41.1 Å². The molecule has 0 heterocycles. The number of para-hydroxylation sites is 1. The molecule has 6 nitrogen and oxygen atoms in total. The van der Waals surface area contributed by atoms with Gasteiger partial charge in [0.25, 0.3) is 5.91 Å². The van der Waals surface area contributed by atoms with Gasteiger partial charge in [0.1, 0.15) is 0 Å². The zero-order valence-corrected chi connectivity index (χ0v) is 17.6. The van der Waals surface area contributed by atoms with Crippen molar-refractivity contribution < 1.29 is 14.4 Å². The van der Waals surface area contributed by atoms with Crippen LogP contribution < -0.4 is 10.6 Å². The van der Waals surface area contributed by atoms with Gasteiger partial charge in [-0.05, 0) is 49.2 Å². The van der Waals surface area contributed by atoms with Crippen molar-refractivity contribution in [2.24, 2.45) is 0 Å². The highest BCUT2D eigenvalue weighted by Gasteiger charge is 2.18. The van der Waals surface area contributed by atoms with Gasteiger partial charge >= 0.3 is 0 Å². The van der Waals surface area contributed by atoms with E-state index in [1.165, 1.54) is 4.90 Å². The molecule has 2 rings (SSSR count). The number of nitrogens with zero attached hydrogens (tertiary/aromatic N) is 1. The second-order valence-electron chi connectivity index (χ2n) is 6.37. The Balaban J connectivity index is 1.91. The molecule has 0 saturated carbocycles. The number of benzene rings is 2. The Labute approximate surface area is 173 Å². The third-order valence-electron chi connectivity index (χ3n) is 4.11. The second-order valence-corrected chi connectivity index (χ2v) is 7.28. The first-order valence-corrected chi connectivity index (χ1v) is 9.87. The monoisotopic (exact) mass is 445 g/mol. The molecule has 0 spiro atoms. The van der Waals surface area contributed by atoms with Crippen LogP contribution in [0, 0.1) is 6.92 Å². The summed E-state index contributed by atoms with van der Waals surface area (Å²) in [6, 6.07) is 14.3. The molecular weight excluding hydrogens is 422 g/mol. The van der Waals surface area contributed by atoms with Crippen molar-refractivity contribution in [1.29, 1.82) is 0 Å². The Morgan fingerprint density at radius 1 is 1.04 bits per heavy atom. The lowest BCUT2D eigenvalue weighted by Gasteiger charge is -2.22. The predicted octanol–water partition coefficient (Wildman–Crippen LogP) is 3.36. The van der Waals surface area contributed by atoms with Crippen LogP contribution in [0.15, 0.2) is 53.0 Å². The first kappa shape index (κ1) is 21.6. The van der Waals surface area contributed by atoms with Gasteiger partial charge in [-0.3, -0.25) is 14.4 Å². The Hall–Kier alpha value is -2.67. The number of amides is 3. The summed E-state index contributed by atoms with van der Waals surface area (Å²) in [5.74, 6) is -0.899. The molecule has 0 bridgehead atoms. The van der Waals surface area contributed by atoms with Gasteiger partial charge in [0.2, 0.25) is 11.8 Å². The van der Waals surface area contributed by atoms with Crippen molar-refractivity contribution >= 4 is 39.3 Å². The number of rotatable bonds is 8. The van der Waals surface area contributed by atoms with Crippen molar-refractivity contribution in [3.8, 4) is 0 Å². The summed E-state index contributed by atoms with van der Waals surface area (Å²) in [6.07, 6.45) is 0.712. The molecule has 148 valence electrons. The highest BCUT2D eigenvalue weighted by atomic mass is 79.9. The lowest BCUT2D eigenvalue weighted by Crippen LogP contribution is -2.44. The van der Waals surface area contributed by atoms with Crippen molar-refractivity contribution in [2.75, 3.05) is 25.0 Å². The van der Waals surface area contributed by atoms with Gasteiger partial charge in [0.05, 0.1) is 13.1 Å². The topological polar surface area (TPSA) is 78.5 Å².